The van der Waals surface area contributed by atoms with E-state index in [-0.39, 0.29) is 24.4 Å². The molecule has 0 saturated carbocycles. The number of hydrogen-bond acceptors (Lipinski definition) is 4. The predicted molar refractivity (Wildman–Crippen MR) is 88.1 cm³/mol. The van der Waals surface area contributed by atoms with Crippen molar-refractivity contribution in [2.24, 2.45) is 0 Å². The van der Waals surface area contributed by atoms with Crippen molar-refractivity contribution in [3.8, 4) is 0 Å². The van der Waals surface area contributed by atoms with Crippen molar-refractivity contribution in [1.82, 2.24) is 20.4 Å². The van der Waals surface area contributed by atoms with Gasteiger partial charge in [0.05, 0.1) is 6.04 Å². The smallest absolute Gasteiger partial charge is 0.325 e. The second-order valence-electron chi connectivity index (χ2n) is 6.66. The maximum atomic E-state index is 12.8. The maximum absolute atomic E-state index is 12.8. The molecule has 2 N–H and O–H groups in total. The average molecular weight is 330 g/mol. The molecule has 0 bridgehead atoms. The number of urea groups is 1. The van der Waals surface area contributed by atoms with Gasteiger partial charge in [-0.2, -0.15) is 0 Å². The number of hydrogen-bond donors (Lipinski definition) is 2. The average Bonchev–Trinajstić information content (AvgIpc) is 2.77. The van der Waals surface area contributed by atoms with Gasteiger partial charge in [0.15, 0.2) is 0 Å². The number of carbonyl (C=O) groups is 3. The van der Waals surface area contributed by atoms with E-state index in [9.17, 15) is 14.4 Å². The Balaban J connectivity index is 1.76. The van der Waals surface area contributed by atoms with E-state index < -0.39 is 11.6 Å². The van der Waals surface area contributed by atoms with E-state index in [2.05, 4.69) is 10.6 Å². The summed E-state index contributed by atoms with van der Waals surface area (Å²) in [6.45, 7) is 4.94. The second kappa shape index (κ2) is 6.24. The minimum Gasteiger partial charge on any atom is -0.332 e. The Morgan fingerprint density at radius 1 is 1.25 bits per heavy atom. The number of piperazine rings is 1. The highest BCUT2D eigenvalue weighted by molar-refractivity contribution is 6.08. The van der Waals surface area contributed by atoms with Crippen LogP contribution in [0.25, 0.3) is 0 Å². The minimum atomic E-state index is -0.959. The van der Waals surface area contributed by atoms with Gasteiger partial charge >= 0.3 is 6.03 Å². The Labute approximate surface area is 141 Å². The van der Waals surface area contributed by atoms with Crippen molar-refractivity contribution in [3.05, 3.63) is 35.9 Å². The summed E-state index contributed by atoms with van der Waals surface area (Å²) >= 11 is 0. The molecule has 1 aromatic carbocycles. The van der Waals surface area contributed by atoms with Crippen LogP contribution in [0.5, 0.6) is 0 Å². The number of amides is 4. The summed E-state index contributed by atoms with van der Waals surface area (Å²) in [4.78, 5) is 39.8. The van der Waals surface area contributed by atoms with Crippen LogP contribution in [0.4, 0.5) is 4.79 Å². The number of rotatable bonds is 3. The summed E-state index contributed by atoms with van der Waals surface area (Å²) in [5.74, 6) is -0.584. The van der Waals surface area contributed by atoms with Gasteiger partial charge in [0.25, 0.3) is 5.91 Å². The largest absolute Gasteiger partial charge is 0.332 e. The lowest BCUT2D eigenvalue weighted by Crippen LogP contribution is -2.52. The molecule has 4 amide bonds. The minimum absolute atomic E-state index is 0.0961. The van der Waals surface area contributed by atoms with Gasteiger partial charge in [0.2, 0.25) is 5.91 Å². The molecule has 0 aromatic heterocycles. The summed E-state index contributed by atoms with van der Waals surface area (Å²) in [6.07, 6.45) is 0. The molecular weight excluding hydrogens is 308 g/mol. The van der Waals surface area contributed by atoms with E-state index >= 15 is 0 Å². The van der Waals surface area contributed by atoms with Crippen LogP contribution < -0.4 is 10.6 Å². The number of nitrogens with zero attached hydrogens (tertiary/aromatic N) is 2. The molecule has 0 aliphatic carbocycles. The molecule has 7 heteroatoms. The zero-order chi connectivity index (χ0) is 17.3. The molecule has 128 valence electrons. The van der Waals surface area contributed by atoms with Crippen molar-refractivity contribution >= 4 is 17.8 Å². The Morgan fingerprint density at radius 3 is 2.58 bits per heavy atom. The first-order valence-corrected chi connectivity index (χ1v) is 8.09. The lowest BCUT2D eigenvalue weighted by Gasteiger charge is -2.37. The maximum Gasteiger partial charge on any atom is 0.325 e. The number of carbonyl (C=O) groups excluding carboxylic acids is 3. The molecule has 0 radical (unpaired) electrons. The SMILES string of the molecule is CC1(C)NC(=O)N(CC(=O)N2CCNC[C@H]2c2ccccc2)C1=O. The standard InChI is InChI=1S/C17H22N4O3/c1-17(2)15(23)21(16(24)19-17)11-14(22)20-9-8-18-10-13(20)12-6-4-3-5-7-12/h3-7,13,18H,8-11H2,1-2H3,(H,19,24)/t13-/m0/s1. The van der Waals surface area contributed by atoms with Crippen molar-refractivity contribution < 1.29 is 14.4 Å². The van der Waals surface area contributed by atoms with Crippen LogP contribution in [-0.4, -0.2) is 59.4 Å². The zero-order valence-corrected chi connectivity index (χ0v) is 13.9. The molecule has 7 nitrogen and oxygen atoms in total. The molecule has 2 saturated heterocycles. The van der Waals surface area contributed by atoms with Crippen molar-refractivity contribution in [2.75, 3.05) is 26.2 Å². The second-order valence-corrected chi connectivity index (χ2v) is 6.66. The van der Waals surface area contributed by atoms with Crippen LogP contribution in [0, 0.1) is 0 Å². The fraction of sp³-hybridized carbons (Fsp3) is 0.471. The van der Waals surface area contributed by atoms with Crippen LogP contribution in [0.3, 0.4) is 0 Å². The Hall–Kier alpha value is -2.41. The van der Waals surface area contributed by atoms with Crippen LogP contribution in [0.1, 0.15) is 25.5 Å². The fourth-order valence-corrected chi connectivity index (χ4v) is 3.16. The van der Waals surface area contributed by atoms with Crippen LogP contribution in [-0.2, 0) is 9.59 Å². The van der Waals surface area contributed by atoms with E-state index in [0.717, 1.165) is 10.5 Å². The molecule has 1 aromatic rings. The Bertz CT molecular complexity index is 659. The highest BCUT2D eigenvalue weighted by Gasteiger charge is 2.45. The summed E-state index contributed by atoms with van der Waals surface area (Å²) < 4.78 is 0. The first-order chi connectivity index (χ1) is 11.4. The van der Waals surface area contributed by atoms with Crippen molar-refractivity contribution in [3.63, 3.8) is 0 Å². The highest BCUT2D eigenvalue weighted by atomic mass is 16.2. The van der Waals surface area contributed by atoms with Gasteiger partial charge in [0.1, 0.15) is 12.1 Å². The predicted octanol–water partition coefficient (Wildman–Crippen LogP) is 0.490. The summed E-state index contributed by atoms with van der Waals surface area (Å²) in [5, 5.41) is 5.89. The van der Waals surface area contributed by atoms with Gasteiger partial charge in [-0.15, -0.1) is 0 Å². The number of imide groups is 1. The van der Waals surface area contributed by atoms with E-state index in [4.69, 9.17) is 0 Å². The van der Waals surface area contributed by atoms with Gasteiger partial charge in [-0.1, -0.05) is 30.3 Å². The molecule has 2 fully saturated rings. The molecule has 3 rings (SSSR count). The quantitative estimate of drug-likeness (QED) is 0.791. The van der Waals surface area contributed by atoms with Gasteiger partial charge in [0, 0.05) is 19.6 Å². The van der Waals surface area contributed by atoms with Crippen molar-refractivity contribution in [2.45, 2.75) is 25.4 Å². The van der Waals surface area contributed by atoms with Crippen LogP contribution in [0.15, 0.2) is 30.3 Å². The first kappa shape index (κ1) is 16.4. The first-order valence-electron chi connectivity index (χ1n) is 8.09. The Morgan fingerprint density at radius 2 is 1.96 bits per heavy atom. The molecule has 2 aliphatic heterocycles. The third-order valence-corrected chi connectivity index (χ3v) is 4.49. The van der Waals surface area contributed by atoms with Crippen LogP contribution >= 0.6 is 0 Å². The Kier molecular flexibility index (Phi) is 4.28. The van der Waals surface area contributed by atoms with Crippen molar-refractivity contribution in [1.29, 1.82) is 0 Å². The van der Waals surface area contributed by atoms with Gasteiger partial charge in [-0.3, -0.25) is 14.5 Å². The summed E-state index contributed by atoms with van der Waals surface area (Å²) in [7, 11) is 0. The monoisotopic (exact) mass is 330 g/mol. The summed E-state index contributed by atoms with van der Waals surface area (Å²) in [6, 6.07) is 9.16. The lowest BCUT2D eigenvalue weighted by molar-refractivity contribution is -0.140. The third-order valence-electron chi connectivity index (χ3n) is 4.49. The molecular formula is C17H22N4O3. The van der Waals surface area contributed by atoms with Gasteiger partial charge < -0.3 is 15.5 Å². The number of benzene rings is 1. The van der Waals surface area contributed by atoms with Crippen LogP contribution in [0.2, 0.25) is 0 Å². The molecule has 2 aliphatic rings. The molecule has 0 spiro atoms. The third kappa shape index (κ3) is 2.99. The molecule has 0 unspecified atom stereocenters. The normalized spacial score (nSPS) is 23.3. The zero-order valence-electron chi connectivity index (χ0n) is 13.9. The van der Waals surface area contributed by atoms with Gasteiger partial charge in [-0.05, 0) is 19.4 Å². The van der Waals surface area contributed by atoms with E-state index in [1.807, 2.05) is 30.3 Å². The lowest BCUT2D eigenvalue weighted by atomic mass is 10.0. The molecule has 1 atom stereocenters. The van der Waals surface area contributed by atoms with E-state index in [0.29, 0.717) is 19.6 Å². The summed E-state index contributed by atoms with van der Waals surface area (Å²) in [5.41, 5.74) is 0.0789. The molecule has 24 heavy (non-hydrogen) atoms. The van der Waals surface area contributed by atoms with Gasteiger partial charge in [-0.25, -0.2) is 4.79 Å². The highest BCUT2D eigenvalue weighted by Crippen LogP contribution is 2.23. The van der Waals surface area contributed by atoms with E-state index in [1.165, 1.54) is 0 Å². The number of nitrogens with one attached hydrogen (secondary N) is 2. The van der Waals surface area contributed by atoms with E-state index in [1.54, 1.807) is 18.7 Å². The fourth-order valence-electron chi connectivity index (χ4n) is 3.16. The topological polar surface area (TPSA) is 81.8 Å². The molecule has 2 heterocycles.